The van der Waals surface area contributed by atoms with Gasteiger partial charge in [0.15, 0.2) is 0 Å². The molecule has 8 heteroatoms. The highest BCUT2D eigenvalue weighted by Gasteiger charge is 2.42. The molecule has 0 radical (unpaired) electrons. The summed E-state index contributed by atoms with van der Waals surface area (Å²) >= 11 is 1.73. The number of pyridine rings is 1. The molecule has 0 amide bonds. The van der Waals surface area contributed by atoms with Gasteiger partial charge < -0.3 is 25.0 Å². The van der Waals surface area contributed by atoms with E-state index in [1.807, 2.05) is 0 Å². The number of carboxylic acid groups (broad SMARTS) is 1. The molecule has 166 valence electrons. The third-order valence-corrected chi connectivity index (χ3v) is 6.48. The third-order valence-electron chi connectivity index (χ3n) is 5.76. The highest BCUT2D eigenvalue weighted by molar-refractivity contribution is 7.98. The number of fused-ring (bicyclic) bond motifs is 1. The maximum absolute atomic E-state index is 10.6. The van der Waals surface area contributed by atoms with Gasteiger partial charge in [-0.15, -0.1) is 11.8 Å². The Balaban J connectivity index is 0.00000101. The molecule has 1 saturated heterocycles. The number of aryl methyl sites for hydroxylation is 1. The molecule has 3 rings (SSSR count). The fourth-order valence-electron chi connectivity index (χ4n) is 4.04. The van der Waals surface area contributed by atoms with Crippen molar-refractivity contribution < 1.29 is 24.9 Å². The molecule has 0 unspecified atom stereocenters. The number of anilines is 1. The number of benzene rings is 1. The quantitative estimate of drug-likeness (QED) is 0.346. The van der Waals surface area contributed by atoms with Crippen LogP contribution in [0.5, 0.6) is 0 Å². The highest BCUT2D eigenvalue weighted by atomic mass is 32.2. The number of methoxy groups -OCH3 is 1. The van der Waals surface area contributed by atoms with E-state index in [1.165, 1.54) is 15.8 Å². The van der Waals surface area contributed by atoms with Crippen molar-refractivity contribution in [1.29, 1.82) is 0 Å². The van der Waals surface area contributed by atoms with Gasteiger partial charge in [0.1, 0.15) is 5.82 Å². The Morgan fingerprint density at radius 3 is 2.77 bits per heavy atom. The van der Waals surface area contributed by atoms with Gasteiger partial charge in [-0.25, -0.2) is 4.98 Å². The predicted octanol–water partition coefficient (Wildman–Crippen LogP) is 2.94. The number of ether oxygens (including phenoxy) is 1. The summed E-state index contributed by atoms with van der Waals surface area (Å²) in [6.45, 7) is 3.83. The summed E-state index contributed by atoms with van der Waals surface area (Å²) < 4.78 is 5.16. The summed E-state index contributed by atoms with van der Waals surface area (Å²) in [5, 5.41) is 28.8. The third kappa shape index (κ3) is 5.63. The zero-order chi connectivity index (χ0) is 22.1. The Kier molecular flexibility index (Phi) is 9.36. The van der Waals surface area contributed by atoms with Crippen LogP contribution in [0, 0.1) is 12.3 Å². The van der Waals surface area contributed by atoms with Gasteiger partial charge in [-0.1, -0.05) is 0 Å². The first-order chi connectivity index (χ1) is 14.4. The first-order valence-corrected chi connectivity index (χ1v) is 11.2. The lowest BCUT2D eigenvalue weighted by Crippen LogP contribution is -2.54. The van der Waals surface area contributed by atoms with Crippen molar-refractivity contribution in [2.24, 2.45) is 5.41 Å². The number of hydrogen-bond acceptors (Lipinski definition) is 7. The molecule has 2 aromatic rings. The Morgan fingerprint density at radius 1 is 1.40 bits per heavy atom. The van der Waals surface area contributed by atoms with E-state index in [4.69, 9.17) is 19.6 Å². The molecule has 7 nitrogen and oxygen atoms in total. The van der Waals surface area contributed by atoms with Crippen LogP contribution in [0.3, 0.4) is 0 Å². The second-order valence-electron chi connectivity index (χ2n) is 7.63. The van der Waals surface area contributed by atoms with Gasteiger partial charge in [-0.3, -0.25) is 4.79 Å². The van der Waals surface area contributed by atoms with Crippen molar-refractivity contribution in [2.75, 3.05) is 44.6 Å². The smallest absolute Gasteiger partial charge is 0.290 e. The average Bonchev–Trinajstić information content (AvgIpc) is 2.75. The number of hydrogen-bond donors (Lipinski definition) is 3. The number of carbonyl (C=O) groups is 1. The predicted molar refractivity (Wildman–Crippen MR) is 120 cm³/mol. The minimum absolute atomic E-state index is 0.0297. The van der Waals surface area contributed by atoms with Gasteiger partial charge in [0.05, 0.1) is 18.2 Å². The number of thioether (sulfide) groups is 1. The van der Waals surface area contributed by atoms with Crippen LogP contribution < -0.4 is 4.90 Å². The van der Waals surface area contributed by atoms with Gasteiger partial charge >= 0.3 is 0 Å². The van der Waals surface area contributed by atoms with Crippen molar-refractivity contribution in [3.8, 4) is 0 Å². The number of nitrogens with zero attached hydrogens (tertiary/aromatic N) is 2. The molecule has 30 heavy (non-hydrogen) atoms. The summed E-state index contributed by atoms with van der Waals surface area (Å²) in [4.78, 5) is 16.7. The van der Waals surface area contributed by atoms with Crippen molar-refractivity contribution in [3.63, 3.8) is 0 Å². The standard InChI is InChI=1S/C21H30N2O3S.CH2O2/c1-15-11-20(22-18-6-5-16(27-3)12-17(15)18)23-9-7-19(25)21(13-23,14-24)8-4-10-26-2;2-1-3/h5-6,11-12,19,24-25H,4,7-10,13-14H2,1-3H3;1H,(H,2,3)/t19-,21+;/m1./s1. The number of aliphatic hydroxyl groups excluding tert-OH is 2. The van der Waals surface area contributed by atoms with Crippen LogP contribution in [-0.2, 0) is 9.53 Å². The first kappa shape index (κ1) is 24.4. The lowest BCUT2D eigenvalue weighted by Gasteiger charge is -2.46. The normalized spacial score (nSPS) is 21.2. The van der Waals surface area contributed by atoms with E-state index in [0.717, 1.165) is 30.7 Å². The highest BCUT2D eigenvalue weighted by Crippen LogP contribution is 2.37. The molecular weight excluding hydrogens is 404 g/mol. The van der Waals surface area contributed by atoms with Gasteiger partial charge in [0.25, 0.3) is 6.47 Å². The maximum Gasteiger partial charge on any atom is 0.290 e. The van der Waals surface area contributed by atoms with E-state index in [-0.39, 0.29) is 13.1 Å². The average molecular weight is 437 g/mol. The second-order valence-corrected chi connectivity index (χ2v) is 8.51. The van der Waals surface area contributed by atoms with Crippen molar-refractivity contribution in [1.82, 2.24) is 4.98 Å². The lowest BCUT2D eigenvalue weighted by molar-refractivity contribution is -0.122. The van der Waals surface area contributed by atoms with Crippen LogP contribution in [0.25, 0.3) is 10.9 Å². The Labute approximate surface area is 182 Å². The maximum atomic E-state index is 10.6. The monoisotopic (exact) mass is 436 g/mol. The summed E-state index contributed by atoms with van der Waals surface area (Å²) in [5.41, 5.74) is 1.67. The number of piperidine rings is 1. The summed E-state index contributed by atoms with van der Waals surface area (Å²) in [5.74, 6) is 0.924. The fraction of sp³-hybridized carbons (Fsp3) is 0.545. The molecule has 1 aromatic carbocycles. The topological polar surface area (TPSA) is 103 Å². The molecule has 2 atom stereocenters. The van der Waals surface area contributed by atoms with Crippen molar-refractivity contribution in [2.45, 2.75) is 37.2 Å². The number of aromatic nitrogens is 1. The number of aliphatic hydroxyl groups is 2. The summed E-state index contributed by atoms with van der Waals surface area (Å²) in [6, 6.07) is 8.50. The van der Waals surface area contributed by atoms with Crippen molar-refractivity contribution >= 4 is 35.0 Å². The number of rotatable bonds is 7. The fourth-order valence-corrected chi connectivity index (χ4v) is 4.48. The van der Waals surface area contributed by atoms with Gasteiger partial charge in [0, 0.05) is 42.5 Å². The summed E-state index contributed by atoms with van der Waals surface area (Å²) in [7, 11) is 1.68. The van der Waals surface area contributed by atoms with Crippen LogP contribution in [-0.4, -0.2) is 72.5 Å². The molecule has 1 aliphatic rings. The van der Waals surface area contributed by atoms with Crippen LogP contribution >= 0.6 is 11.8 Å². The molecule has 3 N–H and O–H groups in total. The van der Waals surface area contributed by atoms with E-state index < -0.39 is 11.5 Å². The summed E-state index contributed by atoms with van der Waals surface area (Å²) in [6.07, 6.45) is 3.77. The van der Waals surface area contributed by atoms with E-state index in [2.05, 4.69) is 42.3 Å². The molecule has 1 aromatic heterocycles. The molecule has 0 spiro atoms. The van der Waals surface area contributed by atoms with Crippen LogP contribution in [0.15, 0.2) is 29.2 Å². The molecule has 1 fully saturated rings. The zero-order valence-electron chi connectivity index (χ0n) is 17.9. The van der Waals surface area contributed by atoms with Gasteiger partial charge in [0.2, 0.25) is 0 Å². The van der Waals surface area contributed by atoms with Gasteiger partial charge in [-0.05, 0) is 62.3 Å². The Hall–Kier alpha value is -1.87. The largest absolute Gasteiger partial charge is 0.483 e. The SMILES string of the molecule is COCCC[C@@]1(CO)CN(c2cc(C)c3cc(SC)ccc3n2)CC[C@H]1O.O=CO. The van der Waals surface area contributed by atoms with E-state index in [9.17, 15) is 10.2 Å². The van der Waals surface area contributed by atoms with E-state index in [1.54, 1.807) is 18.9 Å². The molecule has 0 saturated carbocycles. The molecule has 1 aliphatic heterocycles. The van der Waals surface area contributed by atoms with E-state index in [0.29, 0.717) is 19.6 Å². The van der Waals surface area contributed by atoms with Crippen LogP contribution in [0.4, 0.5) is 5.82 Å². The Bertz CT molecular complexity index is 835. The second kappa shape index (κ2) is 11.5. The van der Waals surface area contributed by atoms with E-state index >= 15 is 0 Å². The minimum Gasteiger partial charge on any atom is -0.483 e. The van der Waals surface area contributed by atoms with Gasteiger partial charge in [-0.2, -0.15) is 0 Å². The van der Waals surface area contributed by atoms with Crippen LogP contribution in [0.2, 0.25) is 0 Å². The zero-order valence-corrected chi connectivity index (χ0v) is 18.7. The minimum atomic E-state index is -0.524. The molecular formula is C22H32N2O5S. The molecule has 0 aliphatic carbocycles. The lowest BCUT2D eigenvalue weighted by atomic mass is 9.74. The van der Waals surface area contributed by atoms with Crippen LogP contribution in [0.1, 0.15) is 24.8 Å². The first-order valence-electron chi connectivity index (χ1n) is 10.0. The molecule has 0 bridgehead atoms. The Morgan fingerprint density at radius 2 is 2.13 bits per heavy atom. The molecule has 2 heterocycles. The van der Waals surface area contributed by atoms with Crippen molar-refractivity contribution in [3.05, 3.63) is 29.8 Å².